The third-order valence-electron chi connectivity index (χ3n) is 3.39. The van der Waals surface area contributed by atoms with Gasteiger partial charge in [-0.3, -0.25) is 0 Å². The van der Waals surface area contributed by atoms with E-state index >= 15 is 0 Å². The van der Waals surface area contributed by atoms with Crippen LogP contribution in [-0.4, -0.2) is 9.97 Å². The van der Waals surface area contributed by atoms with Gasteiger partial charge < -0.3 is 10.3 Å². The van der Waals surface area contributed by atoms with E-state index in [9.17, 15) is 0 Å². The van der Waals surface area contributed by atoms with Crippen molar-refractivity contribution in [2.24, 2.45) is 0 Å². The van der Waals surface area contributed by atoms with Crippen molar-refractivity contribution in [3.8, 4) is 11.1 Å². The second kappa shape index (κ2) is 4.72. The van der Waals surface area contributed by atoms with Crippen molar-refractivity contribution in [3.05, 3.63) is 66.0 Å². The first-order valence-corrected chi connectivity index (χ1v) is 7.47. The number of nitrogens with zero attached hydrogens (tertiary/aromatic N) is 1. The van der Waals surface area contributed by atoms with Gasteiger partial charge in [-0.05, 0) is 17.0 Å². The molecule has 0 radical (unpaired) electrons. The molecule has 0 fully saturated rings. The fraction of sp³-hybridized carbons (Fsp3) is 0.0625. The van der Waals surface area contributed by atoms with Crippen molar-refractivity contribution in [3.63, 3.8) is 0 Å². The second-order valence-corrected chi connectivity index (χ2v) is 5.69. The highest BCUT2D eigenvalue weighted by molar-refractivity contribution is 8.02. The second-order valence-electron chi connectivity index (χ2n) is 4.68. The Balaban J connectivity index is 1.86. The number of nitrogens with one attached hydrogen (secondary N) is 2. The van der Waals surface area contributed by atoms with Gasteiger partial charge in [0.1, 0.15) is 11.2 Å². The van der Waals surface area contributed by atoms with Crippen LogP contribution in [0.4, 0.5) is 0 Å². The summed E-state index contributed by atoms with van der Waals surface area (Å²) < 4.78 is 0. The first kappa shape index (κ1) is 11.6. The van der Waals surface area contributed by atoms with Crippen molar-refractivity contribution in [1.29, 1.82) is 0 Å². The molecule has 98 valence electrons. The maximum atomic E-state index is 4.79. The molecule has 1 atom stereocenters. The van der Waals surface area contributed by atoms with Crippen LogP contribution in [0.15, 0.2) is 60.1 Å². The minimum absolute atomic E-state index is 0.186. The molecule has 2 aromatic carbocycles. The predicted octanol–water partition coefficient (Wildman–Crippen LogP) is 4.04. The SMILES string of the molecule is C1=CSC(c2nc3c(-c4ccccc4)cccc3[nH]2)N1. The quantitative estimate of drug-likeness (QED) is 0.744. The van der Waals surface area contributed by atoms with Gasteiger partial charge in [-0.1, -0.05) is 54.2 Å². The number of H-pyrrole nitrogens is 1. The number of fused-ring (bicyclic) bond motifs is 1. The Labute approximate surface area is 121 Å². The van der Waals surface area contributed by atoms with E-state index in [2.05, 4.69) is 58.2 Å². The maximum absolute atomic E-state index is 4.79. The summed E-state index contributed by atoms with van der Waals surface area (Å²) in [5.41, 5.74) is 4.47. The minimum Gasteiger partial charge on any atom is -0.372 e. The van der Waals surface area contributed by atoms with Crippen LogP contribution in [0.3, 0.4) is 0 Å². The highest BCUT2D eigenvalue weighted by Crippen LogP contribution is 2.33. The summed E-state index contributed by atoms with van der Waals surface area (Å²) in [6, 6.07) is 16.6. The van der Waals surface area contributed by atoms with E-state index in [-0.39, 0.29) is 5.37 Å². The topological polar surface area (TPSA) is 40.7 Å². The Morgan fingerprint density at radius 1 is 1.00 bits per heavy atom. The van der Waals surface area contributed by atoms with Crippen LogP contribution in [0, 0.1) is 0 Å². The molecule has 1 aliphatic rings. The van der Waals surface area contributed by atoms with Crippen LogP contribution in [0.25, 0.3) is 22.2 Å². The molecule has 2 N–H and O–H groups in total. The number of benzene rings is 2. The number of rotatable bonds is 2. The summed E-state index contributed by atoms with van der Waals surface area (Å²) >= 11 is 1.73. The number of aromatic amines is 1. The van der Waals surface area contributed by atoms with Gasteiger partial charge in [-0.15, -0.1) is 0 Å². The lowest BCUT2D eigenvalue weighted by Gasteiger charge is -2.05. The molecule has 0 saturated carbocycles. The Bertz CT molecular complexity index is 769. The Morgan fingerprint density at radius 2 is 1.90 bits per heavy atom. The predicted molar refractivity (Wildman–Crippen MR) is 84.1 cm³/mol. The largest absolute Gasteiger partial charge is 0.372 e. The van der Waals surface area contributed by atoms with Crippen molar-refractivity contribution in [2.75, 3.05) is 0 Å². The third-order valence-corrected chi connectivity index (χ3v) is 4.32. The first-order chi connectivity index (χ1) is 9.92. The molecule has 3 nitrogen and oxygen atoms in total. The van der Waals surface area contributed by atoms with E-state index in [1.54, 1.807) is 11.8 Å². The molecule has 0 spiro atoms. The Hall–Kier alpha value is -2.20. The van der Waals surface area contributed by atoms with Crippen molar-refractivity contribution in [1.82, 2.24) is 15.3 Å². The zero-order valence-electron chi connectivity index (χ0n) is 10.7. The number of imidazole rings is 1. The smallest absolute Gasteiger partial charge is 0.140 e. The fourth-order valence-electron chi connectivity index (χ4n) is 2.45. The van der Waals surface area contributed by atoms with E-state index in [0.29, 0.717) is 0 Å². The van der Waals surface area contributed by atoms with Crippen molar-refractivity contribution >= 4 is 22.8 Å². The molecule has 2 heterocycles. The Morgan fingerprint density at radius 3 is 2.70 bits per heavy atom. The molecular formula is C16H13N3S. The van der Waals surface area contributed by atoms with Crippen LogP contribution in [0.2, 0.25) is 0 Å². The Kier molecular flexibility index (Phi) is 2.74. The molecule has 4 rings (SSSR count). The summed E-state index contributed by atoms with van der Waals surface area (Å²) in [4.78, 5) is 8.21. The minimum atomic E-state index is 0.186. The van der Waals surface area contributed by atoms with Gasteiger partial charge in [0, 0.05) is 11.8 Å². The van der Waals surface area contributed by atoms with Gasteiger partial charge in [0.15, 0.2) is 0 Å². The van der Waals surface area contributed by atoms with E-state index in [1.165, 1.54) is 11.1 Å². The average Bonchev–Trinajstić information content (AvgIpc) is 3.16. The van der Waals surface area contributed by atoms with Gasteiger partial charge >= 0.3 is 0 Å². The van der Waals surface area contributed by atoms with Gasteiger partial charge in [0.2, 0.25) is 0 Å². The fourth-order valence-corrected chi connectivity index (χ4v) is 3.17. The molecule has 0 aliphatic carbocycles. The molecule has 3 aromatic rings. The molecule has 0 amide bonds. The monoisotopic (exact) mass is 279 g/mol. The highest BCUT2D eigenvalue weighted by Gasteiger charge is 2.18. The molecule has 0 bridgehead atoms. The summed E-state index contributed by atoms with van der Waals surface area (Å²) in [5, 5.41) is 5.52. The lowest BCUT2D eigenvalue weighted by molar-refractivity contribution is 0.808. The molecular weight excluding hydrogens is 266 g/mol. The summed E-state index contributed by atoms with van der Waals surface area (Å²) in [7, 11) is 0. The van der Waals surface area contributed by atoms with Crippen LogP contribution in [0.1, 0.15) is 11.2 Å². The van der Waals surface area contributed by atoms with Gasteiger partial charge in [-0.25, -0.2) is 4.98 Å². The zero-order valence-corrected chi connectivity index (χ0v) is 11.5. The zero-order chi connectivity index (χ0) is 13.4. The van der Waals surface area contributed by atoms with E-state index in [0.717, 1.165) is 16.9 Å². The number of hydrogen-bond donors (Lipinski definition) is 2. The lowest BCUT2D eigenvalue weighted by atomic mass is 10.0. The van der Waals surface area contributed by atoms with Crippen molar-refractivity contribution < 1.29 is 0 Å². The van der Waals surface area contributed by atoms with Gasteiger partial charge in [0.25, 0.3) is 0 Å². The van der Waals surface area contributed by atoms with Crippen LogP contribution < -0.4 is 5.32 Å². The van der Waals surface area contributed by atoms with Crippen LogP contribution in [0.5, 0.6) is 0 Å². The van der Waals surface area contributed by atoms with Crippen molar-refractivity contribution in [2.45, 2.75) is 5.37 Å². The van der Waals surface area contributed by atoms with Crippen LogP contribution in [-0.2, 0) is 0 Å². The summed E-state index contributed by atoms with van der Waals surface area (Å²) in [5.74, 6) is 0.971. The van der Waals surface area contributed by atoms with E-state index in [4.69, 9.17) is 4.98 Å². The maximum Gasteiger partial charge on any atom is 0.140 e. The molecule has 20 heavy (non-hydrogen) atoms. The molecule has 1 aliphatic heterocycles. The normalized spacial score (nSPS) is 17.5. The standard InChI is InChI=1S/C16H13N3S/c1-2-5-11(6-3-1)12-7-4-8-13-14(12)19-15(18-13)16-17-9-10-20-16/h1-10,16-17H,(H,18,19). The molecule has 0 saturated heterocycles. The number of thioether (sulfide) groups is 1. The third kappa shape index (κ3) is 1.89. The van der Waals surface area contributed by atoms with Crippen LogP contribution >= 0.6 is 11.8 Å². The number of aromatic nitrogens is 2. The summed E-state index contributed by atoms with van der Waals surface area (Å²) in [6.45, 7) is 0. The van der Waals surface area contributed by atoms with Gasteiger partial charge in [-0.2, -0.15) is 0 Å². The first-order valence-electron chi connectivity index (χ1n) is 6.52. The lowest BCUT2D eigenvalue weighted by Crippen LogP contribution is -2.08. The van der Waals surface area contributed by atoms with Gasteiger partial charge in [0.05, 0.1) is 11.0 Å². The van der Waals surface area contributed by atoms with E-state index in [1.807, 2.05) is 12.3 Å². The molecule has 1 unspecified atom stereocenters. The molecule has 4 heteroatoms. The summed E-state index contributed by atoms with van der Waals surface area (Å²) in [6.07, 6.45) is 1.96. The number of para-hydroxylation sites is 1. The number of hydrogen-bond acceptors (Lipinski definition) is 3. The van der Waals surface area contributed by atoms with E-state index < -0.39 is 0 Å². The average molecular weight is 279 g/mol. The highest BCUT2D eigenvalue weighted by atomic mass is 32.2. The molecule has 1 aromatic heterocycles.